The molecule has 0 unspecified atom stereocenters. The second-order valence-electron chi connectivity index (χ2n) is 6.20. The lowest BCUT2D eigenvalue weighted by Gasteiger charge is -2.36. The molecule has 1 atom stereocenters. The fourth-order valence-electron chi connectivity index (χ4n) is 3.06. The zero-order valence-corrected chi connectivity index (χ0v) is 14.3. The van der Waals surface area contributed by atoms with Crippen molar-refractivity contribution in [2.45, 2.75) is 12.5 Å². The second kappa shape index (κ2) is 7.91. The number of rotatable bonds is 7. The van der Waals surface area contributed by atoms with Crippen LogP contribution in [-0.2, 0) is 15.1 Å². The lowest BCUT2D eigenvalue weighted by atomic mass is 9.80. The third kappa shape index (κ3) is 3.54. The molecule has 0 fully saturated rings. The van der Waals surface area contributed by atoms with Crippen molar-refractivity contribution < 1.29 is 9.53 Å². The molecule has 126 valence electrons. The van der Waals surface area contributed by atoms with Crippen LogP contribution in [0, 0.1) is 5.92 Å². The first-order chi connectivity index (χ1) is 12.3. The highest BCUT2D eigenvalue weighted by Gasteiger charge is 2.37. The predicted molar refractivity (Wildman–Crippen MR) is 100 cm³/mol. The number of hydrogen-bond acceptors (Lipinski definition) is 2. The van der Waals surface area contributed by atoms with Crippen LogP contribution in [0.1, 0.15) is 23.6 Å². The van der Waals surface area contributed by atoms with Gasteiger partial charge in [-0.15, -0.1) is 0 Å². The Morgan fingerprint density at radius 1 is 0.760 bits per heavy atom. The zero-order chi connectivity index (χ0) is 17.5. The maximum Gasteiger partial charge on any atom is 0.143 e. The summed E-state index contributed by atoms with van der Waals surface area (Å²) < 4.78 is 6.51. The molecule has 2 nitrogen and oxygen atoms in total. The van der Waals surface area contributed by atoms with Crippen molar-refractivity contribution in [1.29, 1.82) is 0 Å². The van der Waals surface area contributed by atoms with Gasteiger partial charge in [-0.3, -0.25) is 0 Å². The van der Waals surface area contributed by atoms with Crippen LogP contribution in [0.15, 0.2) is 91.0 Å². The van der Waals surface area contributed by atoms with Gasteiger partial charge in [-0.1, -0.05) is 97.9 Å². The van der Waals surface area contributed by atoms with Gasteiger partial charge >= 0.3 is 0 Å². The van der Waals surface area contributed by atoms with Gasteiger partial charge in [-0.2, -0.15) is 0 Å². The van der Waals surface area contributed by atoms with E-state index < -0.39 is 5.60 Å². The SMILES string of the molecule is C[C@@H](C=O)COC(c1ccccc1)(c1ccccc1)c1ccccc1. The van der Waals surface area contributed by atoms with E-state index in [1.807, 2.05) is 61.5 Å². The second-order valence-corrected chi connectivity index (χ2v) is 6.20. The largest absolute Gasteiger partial charge is 0.360 e. The molecule has 0 bridgehead atoms. The van der Waals surface area contributed by atoms with E-state index in [0.717, 1.165) is 23.0 Å². The molecule has 0 aliphatic carbocycles. The van der Waals surface area contributed by atoms with Crippen LogP contribution >= 0.6 is 0 Å². The fourth-order valence-corrected chi connectivity index (χ4v) is 3.06. The minimum Gasteiger partial charge on any atom is -0.360 e. The summed E-state index contributed by atoms with van der Waals surface area (Å²) in [6, 6.07) is 30.5. The molecule has 0 aromatic heterocycles. The number of ether oxygens (including phenoxy) is 1. The van der Waals surface area contributed by atoms with Crippen molar-refractivity contribution in [3.8, 4) is 0 Å². The smallest absolute Gasteiger partial charge is 0.143 e. The number of carbonyl (C=O) groups excluding carboxylic acids is 1. The third-order valence-electron chi connectivity index (χ3n) is 4.34. The van der Waals surface area contributed by atoms with Crippen LogP contribution in [0.4, 0.5) is 0 Å². The molecular weight excluding hydrogens is 308 g/mol. The summed E-state index contributed by atoms with van der Waals surface area (Å²) in [5, 5.41) is 0. The highest BCUT2D eigenvalue weighted by atomic mass is 16.5. The molecule has 0 N–H and O–H groups in total. The molecule has 0 saturated carbocycles. The number of hydrogen-bond donors (Lipinski definition) is 0. The molecule has 0 spiro atoms. The quantitative estimate of drug-likeness (QED) is 0.458. The van der Waals surface area contributed by atoms with E-state index in [1.54, 1.807) is 0 Å². The Morgan fingerprint density at radius 3 is 1.44 bits per heavy atom. The van der Waals surface area contributed by atoms with Crippen LogP contribution in [-0.4, -0.2) is 12.9 Å². The third-order valence-corrected chi connectivity index (χ3v) is 4.34. The van der Waals surface area contributed by atoms with Gasteiger partial charge in [0, 0.05) is 5.92 Å². The molecule has 0 radical (unpaired) electrons. The minimum atomic E-state index is -0.749. The Morgan fingerprint density at radius 2 is 1.12 bits per heavy atom. The van der Waals surface area contributed by atoms with Crippen LogP contribution in [0.2, 0.25) is 0 Å². The Bertz CT molecular complexity index is 685. The fraction of sp³-hybridized carbons (Fsp3) is 0.174. The summed E-state index contributed by atoms with van der Waals surface area (Å²) in [7, 11) is 0. The van der Waals surface area contributed by atoms with Gasteiger partial charge in [0.2, 0.25) is 0 Å². The van der Waals surface area contributed by atoms with Crippen LogP contribution < -0.4 is 0 Å². The van der Waals surface area contributed by atoms with Crippen LogP contribution in [0.5, 0.6) is 0 Å². The predicted octanol–water partition coefficient (Wildman–Crippen LogP) is 4.83. The monoisotopic (exact) mass is 330 g/mol. The van der Waals surface area contributed by atoms with E-state index in [-0.39, 0.29) is 5.92 Å². The van der Waals surface area contributed by atoms with Gasteiger partial charge in [0.05, 0.1) is 6.61 Å². The zero-order valence-electron chi connectivity index (χ0n) is 14.3. The summed E-state index contributed by atoms with van der Waals surface area (Å²) in [4.78, 5) is 11.2. The summed E-state index contributed by atoms with van der Waals surface area (Å²) in [6.07, 6.45) is 0.936. The van der Waals surface area contributed by atoms with Crippen LogP contribution in [0.25, 0.3) is 0 Å². The van der Waals surface area contributed by atoms with E-state index >= 15 is 0 Å². The average molecular weight is 330 g/mol. The van der Waals surface area contributed by atoms with Crippen molar-refractivity contribution in [1.82, 2.24) is 0 Å². The van der Waals surface area contributed by atoms with E-state index in [4.69, 9.17) is 4.74 Å². The van der Waals surface area contributed by atoms with E-state index in [2.05, 4.69) is 36.4 Å². The maximum absolute atomic E-state index is 11.2. The standard InChI is InChI=1S/C23H22O2/c1-19(17-24)18-25-23(20-11-5-2-6-12-20,21-13-7-3-8-14-21)22-15-9-4-10-16-22/h2-17,19H,18H2,1H3/t19-/m0/s1. The lowest BCUT2D eigenvalue weighted by molar-refractivity contribution is -0.114. The van der Waals surface area contributed by atoms with Gasteiger partial charge in [0.1, 0.15) is 11.9 Å². The van der Waals surface area contributed by atoms with Gasteiger partial charge in [0.15, 0.2) is 0 Å². The highest BCUT2D eigenvalue weighted by Crippen LogP contribution is 2.40. The maximum atomic E-state index is 11.2. The van der Waals surface area contributed by atoms with Crippen molar-refractivity contribution in [2.75, 3.05) is 6.61 Å². The van der Waals surface area contributed by atoms with E-state index in [0.29, 0.717) is 6.61 Å². The van der Waals surface area contributed by atoms with Crippen molar-refractivity contribution in [3.05, 3.63) is 108 Å². The molecule has 0 amide bonds. The summed E-state index contributed by atoms with van der Waals surface area (Å²) in [6.45, 7) is 2.22. The Hall–Kier alpha value is -2.71. The molecule has 0 aliphatic rings. The van der Waals surface area contributed by atoms with Crippen molar-refractivity contribution >= 4 is 6.29 Å². The summed E-state index contributed by atoms with van der Waals surface area (Å²) >= 11 is 0. The van der Waals surface area contributed by atoms with Gasteiger partial charge < -0.3 is 9.53 Å². The first kappa shape index (κ1) is 17.1. The number of benzene rings is 3. The summed E-state index contributed by atoms with van der Waals surface area (Å²) in [5.74, 6) is -0.171. The van der Waals surface area contributed by atoms with Crippen molar-refractivity contribution in [3.63, 3.8) is 0 Å². The van der Waals surface area contributed by atoms with Gasteiger partial charge in [-0.05, 0) is 16.7 Å². The summed E-state index contributed by atoms with van der Waals surface area (Å²) in [5.41, 5.74) is 2.39. The molecule has 3 aromatic rings. The average Bonchev–Trinajstić information content (AvgIpc) is 2.71. The van der Waals surface area contributed by atoms with Gasteiger partial charge in [-0.25, -0.2) is 0 Å². The van der Waals surface area contributed by atoms with E-state index in [9.17, 15) is 4.79 Å². The normalized spacial score (nSPS) is 12.5. The molecular formula is C23H22O2. The molecule has 2 heteroatoms. The Balaban J connectivity index is 2.22. The Labute approximate surface area is 149 Å². The minimum absolute atomic E-state index is 0.171. The Kier molecular flexibility index (Phi) is 5.42. The molecule has 0 saturated heterocycles. The first-order valence-corrected chi connectivity index (χ1v) is 8.53. The molecule has 3 rings (SSSR count). The van der Waals surface area contributed by atoms with E-state index in [1.165, 1.54) is 0 Å². The number of aldehydes is 1. The highest BCUT2D eigenvalue weighted by molar-refractivity contribution is 5.53. The topological polar surface area (TPSA) is 26.3 Å². The first-order valence-electron chi connectivity index (χ1n) is 8.53. The molecule has 25 heavy (non-hydrogen) atoms. The van der Waals surface area contributed by atoms with Crippen molar-refractivity contribution in [2.24, 2.45) is 5.92 Å². The van der Waals surface area contributed by atoms with Gasteiger partial charge in [0.25, 0.3) is 0 Å². The molecule has 3 aromatic carbocycles. The lowest BCUT2D eigenvalue weighted by Crippen LogP contribution is -2.34. The number of carbonyl (C=O) groups is 1. The van der Waals surface area contributed by atoms with Crippen LogP contribution in [0.3, 0.4) is 0 Å². The molecule has 0 heterocycles. The molecule has 0 aliphatic heterocycles.